The number of hydrogen-bond donors (Lipinski definition) is 1. The van der Waals surface area contributed by atoms with E-state index in [1.807, 2.05) is 0 Å². The fraction of sp³-hybridized carbons (Fsp3) is 0.538. The maximum absolute atomic E-state index is 12.5. The van der Waals surface area contributed by atoms with Gasteiger partial charge >= 0.3 is 6.03 Å². The number of urea groups is 1. The second-order valence-corrected chi connectivity index (χ2v) is 8.51. The van der Waals surface area contributed by atoms with Crippen LogP contribution in [0.15, 0.2) is 21.7 Å². The molecule has 9 heteroatoms. The average Bonchev–Trinajstić information content (AvgIpc) is 3.09. The van der Waals surface area contributed by atoms with Crippen LogP contribution >= 0.6 is 11.3 Å². The van der Waals surface area contributed by atoms with Crippen LogP contribution in [0.1, 0.15) is 19.8 Å². The third kappa shape index (κ3) is 2.24. The van der Waals surface area contributed by atoms with E-state index >= 15 is 0 Å². The van der Waals surface area contributed by atoms with Crippen LogP contribution in [0.5, 0.6) is 0 Å². The SMILES string of the molecule is CCN1C(=O)NC2(CCN(S(=O)(=O)c3cccs3)CC2)C1=O. The summed E-state index contributed by atoms with van der Waals surface area (Å²) in [6, 6.07) is 2.89. The number of likely N-dealkylation sites (N-methyl/N-ethyl adjacent to an activating group) is 1. The Kier molecular flexibility index (Phi) is 3.74. The summed E-state index contributed by atoms with van der Waals surface area (Å²) in [6.07, 6.45) is 0.608. The van der Waals surface area contributed by atoms with Crippen molar-refractivity contribution < 1.29 is 18.0 Å². The molecule has 22 heavy (non-hydrogen) atoms. The largest absolute Gasteiger partial charge is 0.325 e. The van der Waals surface area contributed by atoms with Crippen molar-refractivity contribution in [3.63, 3.8) is 0 Å². The molecular formula is C13H17N3O4S2. The van der Waals surface area contributed by atoms with Gasteiger partial charge < -0.3 is 5.32 Å². The lowest BCUT2D eigenvalue weighted by molar-refractivity contribution is -0.132. The van der Waals surface area contributed by atoms with E-state index in [0.717, 1.165) is 0 Å². The summed E-state index contributed by atoms with van der Waals surface area (Å²) < 4.78 is 26.6. The zero-order valence-electron chi connectivity index (χ0n) is 12.1. The lowest BCUT2D eigenvalue weighted by Gasteiger charge is -2.36. The molecule has 3 rings (SSSR count). The molecule has 3 heterocycles. The van der Waals surface area contributed by atoms with Crippen LogP contribution in [0.3, 0.4) is 0 Å². The second kappa shape index (κ2) is 5.32. The number of carbonyl (C=O) groups excluding carboxylic acids is 2. The summed E-state index contributed by atoms with van der Waals surface area (Å²) in [5.74, 6) is -0.242. The van der Waals surface area contributed by atoms with Crippen molar-refractivity contribution >= 4 is 33.3 Å². The maximum Gasteiger partial charge on any atom is 0.325 e. The van der Waals surface area contributed by atoms with E-state index in [4.69, 9.17) is 0 Å². The van der Waals surface area contributed by atoms with Crippen LogP contribution in [0.25, 0.3) is 0 Å². The lowest BCUT2D eigenvalue weighted by atomic mass is 9.88. The van der Waals surface area contributed by atoms with E-state index in [2.05, 4.69) is 5.32 Å². The Morgan fingerprint density at radius 3 is 2.50 bits per heavy atom. The highest BCUT2D eigenvalue weighted by Gasteiger charge is 2.52. The molecule has 0 unspecified atom stereocenters. The summed E-state index contributed by atoms with van der Waals surface area (Å²) >= 11 is 1.18. The molecule has 120 valence electrons. The van der Waals surface area contributed by atoms with Gasteiger partial charge in [0.25, 0.3) is 15.9 Å². The van der Waals surface area contributed by atoms with E-state index < -0.39 is 15.6 Å². The van der Waals surface area contributed by atoms with Crippen LogP contribution in [0.4, 0.5) is 4.79 Å². The van der Waals surface area contributed by atoms with Crippen molar-refractivity contribution in [2.24, 2.45) is 0 Å². The monoisotopic (exact) mass is 343 g/mol. The van der Waals surface area contributed by atoms with Crippen molar-refractivity contribution in [2.75, 3.05) is 19.6 Å². The van der Waals surface area contributed by atoms with Gasteiger partial charge in [-0.15, -0.1) is 11.3 Å². The summed E-state index contributed by atoms with van der Waals surface area (Å²) in [5.41, 5.74) is -0.936. The first-order valence-electron chi connectivity index (χ1n) is 7.08. The molecule has 0 bridgehead atoms. The Morgan fingerprint density at radius 1 is 1.32 bits per heavy atom. The Balaban J connectivity index is 1.76. The van der Waals surface area contributed by atoms with Crippen molar-refractivity contribution in [3.05, 3.63) is 17.5 Å². The van der Waals surface area contributed by atoms with Crippen molar-refractivity contribution in [2.45, 2.75) is 29.5 Å². The number of hydrogen-bond acceptors (Lipinski definition) is 5. The van der Waals surface area contributed by atoms with Crippen LogP contribution in [0, 0.1) is 0 Å². The highest BCUT2D eigenvalue weighted by atomic mass is 32.2. The molecule has 0 saturated carbocycles. The Hall–Kier alpha value is -1.45. The van der Waals surface area contributed by atoms with Gasteiger partial charge in [-0.05, 0) is 31.2 Å². The summed E-state index contributed by atoms with van der Waals surface area (Å²) in [6.45, 7) is 2.52. The van der Waals surface area contributed by atoms with Crippen molar-refractivity contribution in [1.29, 1.82) is 0 Å². The standard InChI is InChI=1S/C13H17N3O4S2/c1-2-16-11(17)13(14-12(16)18)5-7-15(8-6-13)22(19,20)10-4-3-9-21-10/h3-4,9H,2,5-8H2,1H3,(H,14,18). The molecule has 0 atom stereocenters. The van der Waals surface area contributed by atoms with E-state index in [9.17, 15) is 18.0 Å². The van der Waals surface area contributed by atoms with Gasteiger partial charge in [-0.1, -0.05) is 6.07 Å². The maximum atomic E-state index is 12.5. The number of piperidine rings is 1. The number of amides is 3. The summed E-state index contributed by atoms with van der Waals surface area (Å²) in [5, 5.41) is 4.47. The summed E-state index contributed by atoms with van der Waals surface area (Å²) in [4.78, 5) is 25.4. The first-order valence-corrected chi connectivity index (χ1v) is 9.40. The summed E-state index contributed by atoms with van der Waals surface area (Å²) in [7, 11) is -3.50. The van der Waals surface area contributed by atoms with Crippen LogP contribution < -0.4 is 5.32 Å². The number of imide groups is 1. The topological polar surface area (TPSA) is 86.8 Å². The number of carbonyl (C=O) groups is 2. The van der Waals surface area contributed by atoms with Crippen molar-refractivity contribution in [3.8, 4) is 0 Å². The highest BCUT2D eigenvalue weighted by Crippen LogP contribution is 2.32. The number of nitrogens with zero attached hydrogens (tertiary/aromatic N) is 2. The smallest absolute Gasteiger partial charge is 0.323 e. The normalized spacial score (nSPS) is 22.3. The number of nitrogens with one attached hydrogen (secondary N) is 1. The highest BCUT2D eigenvalue weighted by molar-refractivity contribution is 7.91. The van der Waals surface area contributed by atoms with E-state index in [1.54, 1.807) is 24.4 Å². The minimum Gasteiger partial charge on any atom is -0.323 e. The minimum absolute atomic E-state index is 0.226. The number of sulfonamides is 1. The molecule has 0 radical (unpaired) electrons. The fourth-order valence-electron chi connectivity index (χ4n) is 2.95. The first kappa shape index (κ1) is 15.4. The molecule has 2 fully saturated rings. The molecule has 0 aromatic carbocycles. The minimum atomic E-state index is -3.50. The fourth-order valence-corrected chi connectivity index (χ4v) is 5.53. The third-order valence-corrected chi connectivity index (χ3v) is 7.50. The molecule has 1 aromatic heterocycles. The Labute approximate surface area is 132 Å². The van der Waals surface area contributed by atoms with Gasteiger partial charge in [0.1, 0.15) is 9.75 Å². The quantitative estimate of drug-likeness (QED) is 0.824. The lowest BCUT2D eigenvalue weighted by Crippen LogP contribution is -2.55. The molecule has 1 spiro atoms. The van der Waals surface area contributed by atoms with Gasteiger partial charge in [0, 0.05) is 19.6 Å². The molecule has 1 aromatic rings. The van der Waals surface area contributed by atoms with E-state index in [1.165, 1.54) is 20.5 Å². The van der Waals surface area contributed by atoms with Gasteiger partial charge in [-0.2, -0.15) is 4.31 Å². The van der Waals surface area contributed by atoms with E-state index in [0.29, 0.717) is 23.6 Å². The van der Waals surface area contributed by atoms with Gasteiger partial charge in [-0.25, -0.2) is 13.2 Å². The second-order valence-electron chi connectivity index (χ2n) is 5.40. The molecular weight excluding hydrogens is 326 g/mol. The zero-order valence-corrected chi connectivity index (χ0v) is 13.7. The average molecular weight is 343 g/mol. The van der Waals surface area contributed by atoms with Crippen molar-refractivity contribution in [1.82, 2.24) is 14.5 Å². The van der Waals surface area contributed by atoms with Gasteiger partial charge in [0.15, 0.2) is 0 Å². The molecule has 2 saturated heterocycles. The Bertz CT molecular complexity index is 691. The van der Waals surface area contributed by atoms with Crippen LogP contribution in [-0.4, -0.2) is 54.7 Å². The Morgan fingerprint density at radius 2 is 2.00 bits per heavy atom. The third-order valence-electron chi connectivity index (χ3n) is 4.23. The molecule has 2 aliphatic rings. The molecule has 0 aliphatic carbocycles. The number of thiophene rings is 1. The first-order chi connectivity index (χ1) is 10.4. The predicted molar refractivity (Wildman–Crippen MR) is 81.0 cm³/mol. The molecule has 1 N–H and O–H groups in total. The van der Waals surface area contributed by atoms with Crippen LogP contribution in [-0.2, 0) is 14.8 Å². The molecule has 3 amide bonds. The number of rotatable bonds is 3. The van der Waals surface area contributed by atoms with Crippen LogP contribution in [0.2, 0.25) is 0 Å². The van der Waals surface area contributed by atoms with Gasteiger partial charge in [0.2, 0.25) is 0 Å². The molecule has 2 aliphatic heterocycles. The predicted octanol–water partition coefficient (Wildman–Crippen LogP) is 0.843. The van der Waals surface area contributed by atoms with Gasteiger partial charge in [0.05, 0.1) is 0 Å². The van der Waals surface area contributed by atoms with Gasteiger partial charge in [-0.3, -0.25) is 9.69 Å². The molecule has 7 nitrogen and oxygen atoms in total. The zero-order chi connectivity index (χ0) is 16.0. The van der Waals surface area contributed by atoms with E-state index in [-0.39, 0.29) is 25.0 Å².